The van der Waals surface area contributed by atoms with E-state index >= 15 is 0 Å². The van der Waals surface area contributed by atoms with Crippen molar-refractivity contribution in [2.45, 2.75) is 5.54 Å². The standard InChI is InChI=1S/C15H24N4/c1-17-15(12-16,14-8-6-5-7-9-14)13-19(4)11-10-18(2)3/h5-9,17H,10-11,13H2,1-4H3. The molecule has 0 amide bonds. The summed E-state index contributed by atoms with van der Waals surface area (Å²) in [5, 5.41) is 12.8. The van der Waals surface area contributed by atoms with Gasteiger partial charge in [0, 0.05) is 19.6 Å². The highest BCUT2D eigenvalue weighted by molar-refractivity contribution is 5.31. The number of hydrogen-bond donors (Lipinski definition) is 1. The van der Waals surface area contributed by atoms with E-state index in [1.54, 1.807) is 0 Å². The van der Waals surface area contributed by atoms with Crippen LogP contribution in [-0.4, -0.2) is 57.6 Å². The van der Waals surface area contributed by atoms with E-state index in [0.717, 1.165) is 18.7 Å². The van der Waals surface area contributed by atoms with Crippen molar-refractivity contribution in [3.05, 3.63) is 35.9 Å². The van der Waals surface area contributed by atoms with Gasteiger partial charge in [-0.15, -0.1) is 0 Å². The second-order valence-corrected chi connectivity index (χ2v) is 5.17. The van der Waals surface area contributed by atoms with E-state index in [0.29, 0.717) is 6.54 Å². The molecule has 0 spiro atoms. The van der Waals surface area contributed by atoms with Crippen LogP contribution < -0.4 is 5.32 Å². The lowest BCUT2D eigenvalue weighted by molar-refractivity contribution is 0.233. The minimum absolute atomic E-state index is 0.650. The van der Waals surface area contributed by atoms with Gasteiger partial charge in [-0.05, 0) is 33.8 Å². The Labute approximate surface area is 116 Å². The summed E-state index contributed by atoms with van der Waals surface area (Å²) in [5.41, 5.74) is 0.360. The SMILES string of the molecule is CNC(C#N)(CN(C)CCN(C)C)c1ccccc1. The van der Waals surface area contributed by atoms with Gasteiger partial charge in [0.15, 0.2) is 0 Å². The highest BCUT2D eigenvalue weighted by Gasteiger charge is 2.31. The lowest BCUT2D eigenvalue weighted by Gasteiger charge is -2.32. The Bertz CT molecular complexity index is 410. The van der Waals surface area contributed by atoms with Crippen molar-refractivity contribution in [1.29, 1.82) is 5.26 Å². The summed E-state index contributed by atoms with van der Waals surface area (Å²) < 4.78 is 0. The van der Waals surface area contributed by atoms with E-state index in [9.17, 15) is 5.26 Å². The van der Waals surface area contributed by atoms with Gasteiger partial charge >= 0.3 is 0 Å². The average molecular weight is 260 g/mol. The molecular formula is C15H24N4. The van der Waals surface area contributed by atoms with Gasteiger partial charge in [-0.3, -0.25) is 5.32 Å². The number of nitrogens with zero attached hydrogens (tertiary/aromatic N) is 3. The van der Waals surface area contributed by atoms with Crippen LogP contribution in [0.5, 0.6) is 0 Å². The Hall–Kier alpha value is -1.41. The topological polar surface area (TPSA) is 42.3 Å². The van der Waals surface area contributed by atoms with E-state index in [1.807, 2.05) is 37.4 Å². The summed E-state index contributed by atoms with van der Waals surface area (Å²) in [4.78, 5) is 4.33. The van der Waals surface area contributed by atoms with Gasteiger partial charge in [0.25, 0.3) is 0 Å². The molecule has 0 saturated heterocycles. The predicted octanol–water partition coefficient (Wildman–Crippen LogP) is 1.12. The normalized spacial score (nSPS) is 14.4. The second kappa shape index (κ2) is 7.25. The maximum Gasteiger partial charge on any atom is 0.144 e. The Morgan fingerprint density at radius 1 is 1.16 bits per heavy atom. The molecule has 0 aliphatic heterocycles. The Balaban J connectivity index is 2.81. The molecule has 0 aromatic heterocycles. The van der Waals surface area contributed by atoms with Crippen molar-refractivity contribution >= 4 is 0 Å². The molecule has 1 atom stereocenters. The van der Waals surface area contributed by atoms with Crippen molar-refractivity contribution in [3.63, 3.8) is 0 Å². The van der Waals surface area contributed by atoms with Crippen molar-refractivity contribution in [2.75, 3.05) is 47.8 Å². The molecule has 4 nitrogen and oxygen atoms in total. The second-order valence-electron chi connectivity index (χ2n) is 5.17. The van der Waals surface area contributed by atoms with E-state index in [2.05, 4.69) is 42.3 Å². The zero-order chi connectivity index (χ0) is 14.3. The number of likely N-dealkylation sites (N-methyl/N-ethyl adjacent to an activating group) is 3. The molecule has 0 radical (unpaired) electrons. The largest absolute Gasteiger partial charge is 0.308 e. The van der Waals surface area contributed by atoms with Gasteiger partial charge in [-0.25, -0.2) is 0 Å². The monoisotopic (exact) mass is 260 g/mol. The van der Waals surface area contributed by atoms with Gasteiger partial charge in [-0.1, -0.05) is 30.3 Å². The van der Waals surface area contributed by atoms with Gasteiger partial charge in [-0.2, -0.15) is 5.26 Å². The summed E-state index contributed by atoms with van der Waals surface area (Å²) in [5.74, 6) is 0. The van der Waals surface area contributed by atoms with Crippen LogP contribution in [0.1, 0.15) is 5.56 Å². The lowest BCUT2D eigenvalue weighted by Crippen LogP contribution is -2.48. The first kappa shape index (κ1) is 15.6. The summed E-state index contributed by atoms with van der Waals surface area (Å²) in [6, 6.07) is 12.3. The predicted molar refractivity (Wildman–Crippen MR) is 78.8 cm³/mol. The first-order valence-corrected chi connectivity index (χ1v) is 6.53. The summed E-state index contributed by atoms with van der Waals surface area (Å²) in [6.07, 6.45) is 0. The molecule has 1 N–H and O–H groups in total. The molecule has 1 rings (SSSR count). The van der Waals surface area contributed by atoms with Crippen molar-refractivity contribution in [2.24, 2.45) is 0 Å². The Morgan fingerprint density at radius 3 is 2.26 bits per heavy atom. The number of nitriles is 1. The first-order valence-electron chi connectivity index (χ1n) is 6.53. The number of benzene rings is 1. The number of nitrogens with one attached hydrogen (secondary N) is 1. The van der Waals surface area contributed by atoms with Crippen LogP contribution in [0.25, 0.3) is 0 Å². The molecule has 0 heterocycles. The van der Waals surface area contributed by atoms with E-state index in [4.69, 9.17) is 0 Å². The third kappa shape index (κ3) is 4.32. The molecule has 0 aliphatic carbocycles. The fourth-order valence-electron chi connectivity index (χ4n) is 2.05. The maximum atomic E-state index is 9.61. The Morgan fingerprint density at radius 2 is 1.79 bits per heavy atom. The fourth-order valence-corrected chi connectivity index (χ4v) is 2.05. The molecule has 0 saturated carbocycles. The zero-order valence-corrected chi connectivity index (χ0v) is 12.3. The van der Waals surface area contributed by atoms with Crippen LogP contribution in [0.2, 0.25) is 0 Å². The average Bonchev–Trinajstić information content (AvgIpc) is 2.43. The van der Waals surface area contributed by atoms with Gasteiger partial charge in [0.2, 0.25) is 0 Å². The molecular weight excluding hydrogens is 236 g/mol. The lowest BCUT2D eigenvalue weighted by atomic mass is 9.91. The molecule has 0 aliphatic rings. The van der Waals surface area contributed by atoms with Crippen molar-refractivity contribution < 1.29 is 0 Å². The molecule has 1 unspecified atom stereocenters. The molecule has 104 valence electrons. The molecule has 1 aromatic rings. The van der Waals surface area contributed by atoms with Crippen LogP contribution >= 0.6 is 0 Å². The maximum absolute atomic E-state index is 9.61. The molecule has 4 heteroatoms. The summed E-state index contributed by atoms with van der Waals surface area (Å²) in [6.45, 7) is 2.58. The van der Waals surface area contributed by atoms with Gasteiger partial charge in [0.1, 0.15) is 5.54 Å². The quantitative estimate of drug-likeness (QED) is 0.798. The minimum atomic E-state index is -0.650. The van der Waals surface area contributed by atoms with E-state index in [1.165, 1.54) is 0 Å². The summed E-state index contributed by atoms with van der Waals surface area (Å²) in [7, 11) is 8.01. The fraction of sp³-hybridized carbons (Fsp3) is 0.533. The summed E-state index contributed by atoms with van der Waals surface area (Å²) >= 11 is 0. The Kier molecular flexibility index (Phi) is 5.97. The highest BCUT2D eigenvalue weighted by Crippen LogP contribution is 2.20. The molecule has 0 fully saturated rings. The third-order valence-electron chi connectivity index (χ3n) is 3.32. The van der Waals surface area contributed by atoms with Crippen molar-refractivity contribution in [1.82, 2.24) is 15.1 Å². The van der Waals surface area contributed by atoms with Crippen LogP contribution in [0, 0.1) is 11.3 Å². The molecule has 0 bridgehead atoms. The first-order chi connectivity index (χ1) is 9.04. The molecule has 19 heavy (non-hydrogen) atoms. The van der Waals surface area contributed by atoms with Crippen LogP contribution in [0.3, 0.4) is 0 Å². The number of hydrogen-bond acceptors (Lipinski definition) is 4. The van der Waals surface area contributed by atoms with E-state index in [-0.39, 0.29) is 0 Å². The minimum Gasteiger partial charge on any atom is -0.308 e. The molecule has 1 aromatic carbocycles. The van der Waals surface area contributed by atoms with Crippen LogP contribution in [-0.2, 0) is 5.54 Å². The smallest absolute Gasteiger partial charge is 0.144 e. The third-order valence-corrected chi connectivity index (χ3v) is 3.32. The highest BCUT2D eigenvalue weighted by atomic mass is 15.2. The van der Waals surface area contributed by atoms with E-state index < -0.39 is 5.54 Å². The van der Waals surface area contributed by atoms with Crippen LogP contribution in [0.15, 0.2) is 30.3 Å². The van der Waals surface area contributed by atoms with Gasteiger partial charge < -0.3 is 9.80 Å². The van der Waals surface area contributed by atoms with Crippen LogP contribution in [0.4, 0.5) is 0 Å². The van der Waals surface area contributed by atoms with Crippen molar-refractivity contribution in [3.8, 4) is 6.07 Å². The van der Waals surface area contributed by atoms with Gasteiger partial charge in [0.05, 0.1) is 6.07 Å². The zero-order valence-electron chi connectivity index (χ0n) is 12.3. The number of rotatable bonds is 7.